The molecule has 0 saturated carbocycles. The lowest BCUT2D eigenvalue weighted by Gasteiger charge is -2.23. The normalized spacial score (nSPS) is 13.9. The third-order valence-corrected chi connectivity index (χ3v) is 2.69. The Labute approximate surface area is 105 Å². The van der Waals surface area contributed by atoms with Crippen LogP contribution in [0.5, 0.6) is 5.75 Å². The molecule has 2 nitrogen and oxygen atoms in total. The Hall–Kier alpha value is -1.02. The van der Waals surface area contributed by atoms with E-state index in [-0.39, 0.29) is 11.5 Å². The van der Waals surface area contributed by atoms with Crippen LogP contribution in [0, 0.1) is 0 Å². The molecule has 0 bridgehead atoms. The summed E-state index contributed by atoms with van der Waals surface area (Å²) in [5.41, 5.74) is 2.16. The van der Waals surface area contributed by atoms with E-state index in [0.717, 1.165) is 11.3 Å². The summed E-state index contributed by atoms with van der Waals surface area (Å²) in [5.74, 6) is 0.781. The van der Waals surface area contributed by atoms with Gasteiger partial charge in [-0.2, -0.15) is 0 Å². The minimum Gasteiger partial charge on any atom is -0.491 e. The predicted molar refractivity (Wildman–Crippen MR) is 71.5 cm³/mol. The minimum absolute atomic E-state index is 0.0833. The van der Waals surface area contributed by atoms with Gasteiger partial charge in [0, 0.05) is 5.56 Å². The molecule has 0 heterocycles. The quantitative estimate of drug-likeness (QED) is 0.864. The van der Waals surface area contributed by atoms with Crippen molar-refractivity contribution < 1.29 is 9.84 Å². The summed E-state index contributed by atoms with van der Waals surface area (Å²) in [6, 6.07) is 6.08. The van der Waals surface area contributed by atoms with Crippen molar-refractivity contribution >= 4 is 0 Å². The molecule has 0 fully saturated rings. The van der Waals surface area contributed by atoms with Gasteiger partial charge in [0.25, 0.3) is 0 Å². The zero-order valence-corrected chi connectivity index (χ0v) is 11.7. The molecule has 17 heavy (non-hydrogen) atoms. The van der Waals surface area contributed by atoms with E-state index in [1.165, 1.54) is 5.56 Å². The van der Waals surface area contributed by atoms with Crippen LogP contribution in [0.2, 0.25) is 0 Å². The molecule has 0 spiro atoms. The number of hydrogen-bond acceptors (Lipinski definition) is 2. The van der Waals surface area contributed by atoms with Crippen LogP contribution >= 0.6 is 0 Å². The van der Waals surface area contributed by atoms with Crippen molar-refractivity contribution in [1.82, 2.24) is 0 Å². The highest BCUT2D eigenvalue weighted by molar-refractivity contribution is 5.41. The molecule has 0 aliphatic heterocycles. The fraction of sp³-hybridized carbons (Fsp3) is 0.600. The molecule has 0 amide bonds. The van der Waals surface area contributed by atoms with Crippen molar-refractivity contribution in [2.24, 2.45) is 0 Å². The summed E-state index contributed by atoms with van der Waals surface area (Å²) < 4.78 is 5.71. The van der Waals surface area contributed by atoms with Gasteiger partial charge in [0.05, 0.1) is 12.2 Å². The number of aliphatic hydroxyl groups is 1. The summed E-state index contributed by atoms with van der Waals surface area (Å²) in [5, 5.41) is 9.83. The minimum atomic E-state index is -0.508. The zero-order valence-electron chi connectivity index (χ0n) is 11.7. The summed E-state index contributed by atoms with van der Waals surface area (Å²) >= 11 is 0. The van der Waals surface area contributed by atoms with Gasteiger partial charge in [-0.3, -0.25) is 0 Å². The summed E-state index contributed by atoms with van der Waals surface area (Å²) in [6.45, 7) is 12.2. The first-order chi connectivity index (χ1) is 7.71. The van der Waals surface area contributed by atoms with Crippen LogP contribution in [0.4, 0.5) is 0 Å². The van der Waals surface area contributed by atoms with Gasteiger partial charge >= 0.3 is 0 Å². The van der Waals surface area contributed by atoms with Gasteiger partial charge in [-0.1, -0.05) is 26.8 Å². The molecule has 0 aromatic heterocycles. The molecule has 1 unspecified atom stereocenters. The Bertz CT molecular complexity index is 373. The first-order valence-corrected chi connectivity index (χ1v) is 6.21. The molecule has 1 atom stereocenters. The van der Waals surface area contributed by atoms with E-state index in [1.807, 2.05) is 26.0 Å². The molecule has 1 N–H and O–H groups in total. The molecule has 0 aliphatic rings. The molecule has 2 heteroatoms. The van der Waals surface area contributed by atoms with Gasteiger partial charge in [0.1, 0.15) is 5.75 Å². The third kappa shape index (κ3) is 3.74. The molecule has 0 saturated heterocycles. The van der Waals surface area contributed by atoms with E-state index in [9.17, 15) is 5.11 Å². The van der Waals surface area contributed by atoms with Crippen molar-refractivity contribution in [3.8, 4) is 5.75 Å². The van der Waals surface area contributed by atoms with Gasteiger partial charge < -0.3 is 9.84 Å². The van der Waals surface area contributed by atoms with Gasteiger partial charge in [-0.15, -0.1) is 0 Å². The Kier molecular flexibility index (Phi) is 4.21. The molecule has 1 rings (SSSR count). The van der Waals surface area contributed by atoms with Crippen LogP contribution in [0.15, 0.2) is 18.2 Å². The lowest BCUT2D eigenvalue weighted by molar-refractivity contribution is 0.182. The molecular formula is C15H24O2. The smallest absolute Gasteiger partial charge is 0.125 e. The fourth-order valence-corrected chi connectivity index (χ4v) is 1.70. The Morgan fingerprint density at radius 2 is 1.71 bits per heavy atom. The number of rotatable bonds is 3. The van der Waals surface area contributed by atoms with Crippen LogP contribution in [0.25, 0.3) is 0 Å². The standard InChI is InChI=1S/C15H24O2/c1-10(2)17-14-8-7-12(15(4,5)6)9-13(14)11(3)16/h7-11,16H,1-6H3. The van der Waals surface area contributed by atoms with E-state index < -0.39 is 6.10 Å². The first-order valence-electron chi connectivity index (χ1n) is 6.21. The average Bonchev–Trinajstić information content (AvgIpc) is 2.15. The lowest BCUT2D eigenvalue weighted by atomic mass is 9.85. The van der Waals surface area contributed by atoms with E-state index in [2.05, 4.69) is 26.8 Å². The highest BCUT2D eigenvalue weighted by Gasteiger charge is 2.18. The largest absolute Gasteiger partial charge is 0.491 e. The molecular weight excluding hydrogens is 212 g/mol. The van der Waals surface area contributed by atoms with Crippen LogP contribution in [0.3, 0.4) is 0 Å². The van der Waals surface area contributed by atoms with Gasteiger partial charge in [-0.05, 0) is 43.9 Å². The topological polar surface area (TPSA) is 29.5 Å². The maximum atomic E-state index is 9.83. The van der Waals surface area contributed by atoms with Gasteiger partial charge in [0.15, 0.2) is 0 Å². The second-order valence-corrected chi connectivity index (χ2v) is 5.85. The first kappa shape index (κ1) is 14.0. The molecule has 1 aromatic carbocycles. The van der Waals surface area contributed by atoms with E-state index >= 15 is 0 Å². The molecule has 0 radical (unpaired) electrons. The van der Waals surface area contributed by atoms with E-state index in [0.29, 0.717) is 0 Å². The number of aliphatic hydroxyl groups excluding tert-OH is 1. The number of ether oxygens (including phenoxy) is 1. The van der Waals surface area contributed by atoms with Gasteiger partial charge in [0.2, 0.25) is 0 Å². The number of hydrogen-bond donors (Lipinski definition) is 1. The van der Waals surface area contributed by atoms with Crippen molar-refractivity contribution in [2.45, 2.75) is 59.2 Å². The summed E-state index contributed by atoms with van der Waals surface area (Å²) in [7, 11) is 0. The maximum Gasteiger partial charge on any atom is 0.125 e. The van der Waals surface area contributed by atoms with Crippen LogP contribution in [-0.2, 0) is 5.41 Å². The second kappa shape index (κ2) is 5.09. The van der Waals surface area contributed by atoms with Crippen LogP contribution in [0.1, 0.15) is 58.8 Å². The monoisotopic (exact) mass is 236 g/mol. The van der Waals surface area contributed by atoms with Crippen molar-refractivity contribution in [3.05, 3.63) is 29.3 Å². The van der Waals surface area contributed by atoms with Crippen molar-refractivity contribution in [2.75, 3.05) is 0 Å². The van der Waals surface area contributed by atoms with Crippen molar-refractivity contribution in [1.29, 1.82) is 0 Å². The van der Waals surface area contributed by atoms with Crippen molar-refractivity contribution in [3.63, 3.8) is 0 Å². The summed E-state index contributed by atoms with van der Waals surface area (Å²) in [4.78, 5) is 0. The average molecular weight is 236 g/mol. The van der Waals surface area contributed by atoms with Crippen LogP contribution < -0.4 is 4.74 Å². The lowest BCUT2D eigenvalue weighted by Crippen LogP contribution is -2.14. The predicted octanol–water partition coefficient (Wildman–Crippen LogP) is 3.82. The highest BCUT2D eigenvalue weighted by atomic mass is 16.5. The van der Waals surface area contributed by atoms with E-state index in [1.54, 1.807) is 6.92 Å². The zero-order chi connectivity index (χ0) is 13.2. The SMILES string of the molecule is CC(C)Oc1ccc(C(C)(C)C)cc1C(C)O. The van der Waals surface area contributed by atoms with E-state index in [4.69, 9.17) is 4.74 Å². The Morgan fingerprint density at radius 3 is 2.12 bits per heavy atom. The number of benzene rings is 1. The summed E-state index contributed by atoms with van der Waals surface area (Å²) in [6.07, 6.45) is -0.390. The Balaban J connectivity index is 3.18. The second-order valence-electron chi connectivity index (χ2n) is 5.85. The molecule has 1 aromatic rings. The Morgan fingerprint density at radius 1 is 1.12 bits per heavy atom. The maximum absolute atomic E-state index is 9.83. The van der Waals surface area contributed by atoms with Crippen LogP contribution in [-0.4, -0.2) is 11.2 Å². The van der Waals surface area contributed by atoms with Gasteiger partial charge in [-0.25, -0.2) is 0 Å². The molecule has 96 valence electrons. The third-order valence-electron chi connectivity index (χ3n) is 2.69. The highest BCUT2D eigenvalue weighted by Crippen LogP contribution is 2.31. The fourth-order valence-electron chi connectivity index (χ4n) is 1.70. The molecule has 0 aliphatic carbocycles.